The minimum Gasteiger partial charge on any atom is -0.367 e. The van der Waals surface area contributed by atoms with Crippen LogP contribution in [-0.4, -0.2) is 25.7 Å². The van der Waals surface area contributed by atoms with E-state index in [4.69, 9.17) is 5.73 Å². The first-order valence-corrected chi connectivity index (χ1v) is 5.01. The quantitative estimate of drug-likeness (QED) is 0.787. The van der Waals surface area contributed by atoms with E-state index in [0.717, 1.165) is 5.69 Å². The Morgan fingerprint density at radius 2 is 2.35 bits per heavy atom. The van der Waals surface area contributed by atoms with Gasteiger partial charge in [-0.25, -0.2) is 9.67 Å². The van der Waals surface area contributed by atoms with Crippen molar-refractivity contribution >= 4 is 17.5 Å². The average Bonchev–Trinajstić information content (AvgIpc) is 2.63. The topological polar surface area (TPSA) is 98.7 Å². The number of aromatic nitrogens is 4. The summed E-state index contributed by atoms with van der Waals surface area (Å²) >= 11 is 0. The first kappa shape index (κ1) is 11.1. The fourth-order valence-electron chi connectivity index (χ4n) is 1.36. The van der Waals surface area contributed by atoms with Crippen molar-refractivity contribution in [1.82, 2.24) is 19.7 Å². The molecule has 2 heterocycles. The number of hydrogen-bond donors (Lipinski definition) is 2. The van der Waals surface area contributed by atoms with Gasteiger partial charge in [0, 0.05) is 17.6 Å². The highest BCUT2D eigenvalue weighted by Crippen LogP contribution is 2.06. The molecule has 2 aromatic heterocycles. The summed E-state index contributed by atoms with van der Waals surface area (Å²) in [5.74, 6) is -0.0435. The number of anilines is 2. The SMILES string of the molecule is Cc1cc(NC(=O)Cn2cnc(N)n2)ccn1. The monoisotopic (exact) mass is 232 g/mol. The van der Waals surface area contributed by atoms with Gasteiger partial charge in [-0.3, -0.25) is 9.78 Å². The molecule has 0 aliphatic rings. The molecule has 0 unspecified atom stereocenters. The van der Waals surface area contributed by atoms with Crippen molar-refractivity contribution in [2.24, 2.45) is 0 Å². The van der Waals surface area contributed by atoms with E-state index < -0.39 is 0 Å². The lowest BCUT2D eigenvalue weighted by Crippen LogP contribution is -2.19. The van der Waals surface area contributed by atoms with Gasteiger partial charge in [0.05, 0.1) is 0 Å². The second-order valence-electron chi connectivity index (χ2n) is 3.53. The van der Waals surface area contributed by atoms with E-state index in [0.29, 0.717) is 5.69 Å². The molecular weight excluding hydrogens is 220 g/mol. The van der Waals surface area contributed by atoms with Crippen LogP contribution in [0.1, 0.15) is 5.69 Å². The summed E-state index contributed by atoms with van der Waals surface area (Å²) in [5, 5.41) is 6.55. The van der Waals surface area contributed by atoms with Gasteiger partial charge in [-0.15, -0.1) is 5.10 Å². The molecule has 7 heteroatoms. The van der Waals surface area contributed by atoms with Gasteiger partial charge in [0.15, 0.2) is 0 Å². The molecule has 0 aromatic carbocycles. The highest BCUT2D eigenvalue weighted by Gasteiger charge is 2.05. The van der Waals surface area contributed by atoms with Gasteiger partial charge in [-0.1, -0.05) is 0 Å². The molecule has 0 saturated carbocycles. The third-order valence-corrected chi connectivity index (χ3v) is 2.04. The van der Waals surface area contributed by atoms with Crippen molar-refractivity contribution < 1.29 is 4.79 Å². The summed E-state index contributed by atoms with van der Waals surface area (Å²) in [4.78, 5) is 19.4. The van der Waals surface area contributed by atoms with Crippen molar-refractivity contribution in [3.05, 3.63) is 30.4 Å². The van der Waals surface area contributed by atoms with E-state index in [1.165, 1.54) is 11.0 Å². The van der Waals surface area contributed by atoms with Crippen molar-refractivity contribution in [3.8, 4) is 0 Å². The molecule has 0 aliphatic heterocycles. The summed E-state index contributed by atoms with van der Waals surface area (Å²) in [6.45, 7) is 1.93. The molecule has 0 bridgehead atoms. The van der Waals surface area contributed by atoms with Gasteiger partial charge in [0.25, 0.3) is 0 Å². The number of nitrogens with two attached hydrogens (primary N) is 1. The summed E-state index contributed by atoms with van der Waals surface area (Å²) in [6.07, 6.45) is 3.05. The number of hydrogen-bond acceptors (Lipinski definition) is 5. The zero-order valence-corrected chi connectivity index (χ0v) is 9.29. The van der Waals surface area contributed by atoms with E-state index in [9.17, 15) is 4.79 Å². The molecule has 0 aliphatic carbocycles. The minimum atomic E-state index is -0.194. The van der Waals surface area contributed by atoms with Crippen LogP contribution >= 0.6 is 0 Å². The maximum absolute atomic E-state index is 11.6. The zero-order valence-electron chi connectivity index (χ0n) is 9.29. The molecule has 17 heavy (non-hydrogen) atoms. The summed E-state index contributed by atoms with van der Waals surface area (Å²) in [7, 11) is 0. The van der Waals surface area contributed by atoms with Gasteiger partial charge in [-0.2, -0.15) is 0 Å². The Morgan fingerprint density at radius 1 is 1.53 bits per heavy atom. The molecular formula is C10H12N6O. The zero-order chi connectivity index (χ0) is 12.3. The molecule has 0 fully saturated rings. The Hall–Kier alpha value is -2.44. The number of amides is 1. The van der Waals surface area contributed by atoms with Crippen LogP contribution in [0.3, 0.4) is 0 Å². The van der Waals surface area contributed by atoms with Crippen molar-refractivity contribution in [2.45, 2.75) is 13.5 Å². The minimum absolute atomic E-state index is 0.0750. The highest BCUT2D eigenvalue weighted by atomic mass is 16.2. The molecule has 0 atom stereocenters. The first-order valence-electron chi connectivity index (χ1n) is 5.01. The number of nitrogens with one attached hydrogen (secondary N) is 1. The third kappa shape index (κ3) is 3.00. The molecule has 0 saturated heterocycles. The van der Waals surface area contributed by atoms with Gasteiger partial charge >= 0.3 is 0 Å². The van der Waals surface area contributed by atoms with E-state index in [1.807, 2.05) is 6.92 Å². The van der Waals surface area contributed by atoms with Crippen molar-refractivity contribution in [2.75, 3.05) is 11.1 Å². The van der Waals surface area contributed by atoms with Crippen molar-refractivity contribution in [1.29, 1.82) is 0 Å². The van der Waals surface area contributed by atoms with Crippen LogP contribution in [0.25, 0.3) is 0 Å². The largest absolute Gasteiger partial charge is 0.367 e. The van der Waals surface area contributed by atoms with Gasteiger partial charge in [-0.05, 0) is 19.1 Å². The normalized spacial score (nSPS) is 10.2. The standard InChI is InChI=1S/C10H12N6O/c1-7-4-8(2-3-12-7)14-9(17)5-16-6-13-10(11)15-16/h2-4,6H,5H2,1H3,(H2,11,15)(H,12,14,17). The number of rotatable bonds is 3. The van der Waals surface area contributed by atoms with Gasteiger partial charge in [0.2, 0.25) is 11.9 Å². The van der Waals surface area contributed by atoms with Crippen LogP contribution in [-0.2, 0) is 11.3 Å². The van der Waals surface area contributed by atoms with E-state index in [-0.39, 0.29) is 18.4 Å². The number of aryl methyl sites for hydroxylation is 1. The Bertz CT molecular complexity index is 535. The van der Waals surface area contributed by atoms with Crippen molar-refractivity contribution in [3.63, 3.8) is 0 Å². The molecule has 7 nitrogen and oxygen atoms in total. The van der Waals surface area contributed by atoms with Crippen LogP contribution in [0.2, 0.25) is 0 Å². The number of carbonyl (C=O) groups excluding carboxylic acids is 1. The Balaban J connectivity index is 1.98. The summed E-state index contributed by atoms with van der Waals surface area (Å²) in [6, 6.07) is 3.51. The first-order chi connectivity index (χ1) is 8.13. The summed E-state index contributed by atoms with van der Waals surface area (Å²) in [5.41, 5.74) is 6.89. The number of nitrogens with zero attached hydrogens (tertiary/aromatic N) is 4. The lowest BCUT2D eigenvalue weighted by atomic mass is 10.3. The second kappa shape index (κ2) is 4.60. The summed E-state index contributed by atoms with van der Waals surface area (Å²) < 4.78 is 1.37. The van der Waals surface area contributed by atoms with Crippen LogP contribution in [0.15, 0.2) is 24.7 Å². The molecule has 2 rings (SSSR count). The molecule has 88 valence electrons. The van der Waals surface area contributed by atoms with Crippen LogP contribution in [0.5, 0.6) is 0 Å². The van der Waals surface area contributed by atoms with E-state index >= 15 is 0 Å². The van der Waals surface area contributed by atoms with Crippen LogP contribution < -0.4 is 11.1 Å². The Labute approximate surface area is 97.7 Å². The molecule has 1 amide bonds. The van der Waals surface area contributed by atoms with Crippen LogP contribution in [0.4, 0.5) is 11.6 Å². The van der Waals surface area contributed by atoms with Crippen LogP contribution in [0, 0.1) is 6.92 Å². The second-order valence-corrected chi connectivity index (χ2v) is 3.53. The lowest BCUT2D eigenvalue weighted by molar-refractivity contribution is -0.116. The number of carbonyl (C=O) groups is 1. The Kier molecular flexibility index (Phi) is 2.99. The average molecular weight is 232 g/mol. The predicted molar refractivity (Wildman–Crippen MR) is 62.0 cm³/mol. The molecule has 3 N–H and O–H groups in total. The van der Waals surface area contributed by atoms with E-state index in [2.05, 4.69) is 20.4 Å². The number of nitrogen functional groups attached to an aromatic ring is 1. The highest BCUT2D eigenvalue weighted by molar-refractivity contribution is 5.90. The van der Waals surface area contributed by atoms with E-state index in [1.54, 1.807) is 18.3 Å². The lowest BCUT2D eigenvalue weighted by Gasteiger charge is -2.05. The maximum Gasteiger partial charge on any atom is 0.246 e. The van der Waals surface area contributed by atoms with Gasteiger partial charge in [0.1, 0.15) is 12.9 Å². The predicted octanol–water partition coefficient (Wildman–Crippen LogP) is 0.202. The Morgan fingerprint density at radius 3 is 3.00 bits per heavy atom. The fourth-order valence-corrected chi connectivity index (χ4v) is 1.36. The molecule has 0 spiro atoms. The van der Waals surface area contributed by atoms with Gasteiger partial charge < -0.3 is 11.1 Å². The fraction of sp³-hybridized carbons (Fsp3) is 0.200. The number of pyridine rings is 1. The maximum atomic E-state index is 11.6. The smallest absolute Gasteiger partial charge is 0.246 e. The molecule has 0 radical (unpaired) electrons. The molecule has 2 aromatic rings. The third-order valence-electron chi connectivity index (χ3n) is 2.04.